The Morgan fingerprint density at radius 1 is 1.14 bits per heavy atom. The number of rotatable bonds is 3. The van der Waals surface area contributed by atoms with E-state index >= 15 is 0 Å². The molecule has 5 heteroatoms. The van der Waals surface area contributed by atoms with Gasteiger partial charge in [-0.05, 0) is 63.8 Å². The zero-order chi connectivity index (χ0) is 15.8. The number of hydrogen-bond acceptors (Lipinski definition) is 3. The Bertz CT molecular complexity index is 612. The minimum Gasteiger partial charge on any atom is -0.496 e. The number of nitrogens with zero attached hydrogens (tertiary/aromatic N) is 1. The van der Waals surface area contributed by atoms with E-state index in [4.69, 9.17) is 4.74 Å². The van der Waals surface area contributed by atoms with Gasteiger partial charge in [0.05, 0.1) is 12.0 Å². The van der Waals surface area contributed by atoms with Crippen molar-refractivity contribution in [2.24, 2.45) is 0 Å². The van der Waals surface area contributed by atoms with Crippen LogP contribution in [0.5, 0.6) is 5.75 Å². The highest BCUT2D eigenvalue weighted by atomic mass is 32.2. The van der Waals surface area contributed by atoms with Crippen molar-refractivity contribution in [3.05, 3.63) is 23.3 Å². The quantitative estimate of drug-likeness (QED) is 0.860. The Morgan fingerprint density at radius 2 is 1.71 bits per heavy atom. The van der Waals surface area contributed by atoms with E-state index in [9.17, 15) is 8.42 Å². The van der Waals surface area contributed by atoms with Crippen molar-refractivity contribution in [1.29, 1.82) is 0 Å². The molecule has 21 heavy (non-hydrogen) atoms. The molecule has 0 aromatic heterocycles. The Balaban J connectivity index is 2.49. The van der Waals surface area contributed by atoms with E-state index in [1.165, 1.54) is 0 Å². The number of hydrogen-bond donors (Lipinski definition) is 0. The summed E-state index contributed by atoms with van der Waals surface area (Å²) in [7, 11) is -1.85. The van der Waals surface area contributed by atoms with Crippen LogP contribution in [0.4, 0.5) is 0 Å². The van der Waals surface area contributed by atoms with Gasteiger partial charge in [0.15, 0.2) is 0 Å². The van der Waals surface area contributed by atoms with Crippen LogP contribution in [-0.2, 0) is 10.0 Å². The predicted molar refractivity (Wildman–Crippen MR) is 84.3 cm³/mol. The summed E-state index contributed by atoms with van der Waals surface area (Å²) >= 11 is 0. The van der Waals surface area contributed by atoms with Crippen molar-refractivity contribution in [1.82, 2.24) is 4.31 Å². The summed E-state index contributed by atoms with van der Waals surface area (Å²) in [6.07, 6.45) is 2.91. The SMILES string of the molecule is COc1c(C)cc(S(=O)(=O)N2CCCCC2(C)C)cc1C. The van der Waals surface area contributed by atoms with E-state index in [1.54, 1.807) is 23.5 Å². The molecule has 1 fully saturated rings. The molecule has 1 aromatic carbocycles. The number of aryl methyl sites for hydroxylation is 2. The molecule has 0 radical (unpaired) electrons. The van der Waals surface area contributed by atoms with Gasteiger partial charge < -0.3 is 4.74 Å². The fraction of sp³-hybridized carbons (Fsp3) is 0.625. The van der Waals surface area contributed by atoms with Crippen molar-refractivity contribution in [2.75, 3.05) is 13.7 Å². The summed E-state index contributed by atoms with van der Waals surface area (Å²) < 4.78 is 33.0. The highest BCUT2D eigenvalue weighted by Crippen LogP contribution is 2.35. The van der Waals surface area contributed by atoms with Crippen LogP contribution in [0.1, 0.15) is 44.2 Å². The zero-order valence-electron chi connectivity index (χ0n) is 13.6. The normalized spacial score (nSPS) is 19.5. The molecule has 0 aliphatic carbocycles. The van der Waals surface area contributed by atoms with Gasteiger partial charge in [-0.3, -0.25) is 0 Å². The van der Waals surface area contributed by atoms with Gasteiger partial charge in [-0.1, -0.05) is 6.42 Å². The van der Waals surface area contributed by atoms with Crippen LogP contribution in [0.25, 0.3) is 0 Å². The van der Waals surface area contributed by atoms with Crippen LogP contribution in [0.3, 0.4) is 0 Å². The third kappa shape index (κ3) is 2.94. The van der Waals surface area contributed by atoms with E-state index in [-0.39, 0.29) is 5.54 Å². The van der Waals surface area contributed by atoms with Crippen molar-refractivity contribution in [3.8, 4) is 5.75 Å². The van der Waals surface area contributed by atoms with E-state index in [0.717, 1.165) is 36.1 Å². The fourth-order valence-electron chi connectivity index (χ4n) is 3.19. The van der Waals surface area contributed by atoms with E-state index in [2.05, 4.69) is 0 Å². The maximum atomic E-state index is 13.0. The second-order valence-electron chi connectivity index (χ2n) is 6.44. The first kappa shape index (κ1) is 16.3. The number of benzene rings is 1. The van der Waals surface area contributed by atoms with Crippen LogP contribution in [-0.4, -0.2) is 31.9 Å². The average molecular weight is 311 g/mol. The second kappa shape index (κ2) is 5.61. The molecule has 0 bridgehead atoms. The van der Waals surface area contributed by atoms with Crippen LogP contribution >= 0.6 is 0 Å². The van der Waals surface area contributed by atoms with Gasteiger partial charge in [0.2, 0.25) is 10.0 Å². The Kier molecular flexibility index (Phi) is 4.36. The van der Waals surface area contributed by atoms with Crippen LogP contribution < -0.4 is 4.74 Å². The molecule has 0 amide bonds. The van der Waals surface area contributed by atoms with E-state index in [1.807, 2.05) is 27.7 Å². The van der Waals surface area contributed by atoms with Crippen LogP contribution in [0.2, 0.25) is 0 Å². The Morgan fingerprint density at radius 3 is 2.19 bits per heavy atom. The Hall–Kier alpha value is -1.07. The first-order valence-corrected chi connectivity index (χ1v) is 8.82. The first-order chi connectivity index (χ1) is 9.70. The zero-order valence-corrected chi connectivity index (χ0v) is 14.4. The second-order valence-corrected chi connectivity index (χ2v) is 8.30. The van der Waals surface area contributed by atoms with Gasteiger partial charge in [-0.2, -0.15) is 4.31 Å². The van der Waals surface area contributed by atoms with Gasteiger partial charge in [0.1, 0.15) is 5.75 Å². The number of ether oxygens (including phenoxy) is 1. The molecular formula is C16H25NO3S. The molecule has 118 valence electrons. The number of piperidine rings is 1. The predicted octanol–water partition coefficient (Wildman–Crippen LogP) is 3.27. The molecule has 0 atom stereocenters. The van der Waals surface area contributed by atoms with Crippen LogP contribution in [0.15, 0.2) is 17.0 Å². The van der Waals surface area contributed by atoms with E-state index < -0.39 is 10.0 Å². The highest BCUT2D eigenvalue weighted by molar-refractivity contribution is 7.89. The van der Waals surface area contributed by atoms with Crippen molar-refractivity contribution in [3.63, 3.8) is 0 Å². The molecule has 4 nitrogen and oxygen atoms in total. The molecule has 2 rings (SSSR count). The minimum absolute atomic E-state index is 0.321. The van der Waals surface area contributed by atoms with Crippen LogP contribution in [0, 0.1) is 13.8 Å². The molecule has 1 saturated heterocycles. The highest BCUT2D eigenvalue weighted by Gasteiger charge is 2.39. The Labute approximate surface area is 128 Å². The van der Waals surface area contributed by atoms with Gasteiger partial charge in [-0.15, -0.1) is 0 Å². The molecule has 0 N–H and O–H groups in total. The van der Waals surface area contributed by atoms with Gasteiger partial charge in [-0.25, -0.2) is 8.42 Å². The molecule has 1 aliphatic rings. The third-order valence-corrected chi connectivity index (χ3v) is 6.39. The lowest BCUT2D eigenvalue weighted by molar-refractivity contribution is 0.170. The van der Waals surface area contributed by atoms with Crippen molar-refractivity contribution >= 4 is 10.0 Å². The summed E-state index contributed by atoms with van der Waals surface area (Å²) in [4.78, 5) is 0.369. The number of methoxy groups -OCH3 is 1. The first-order valence-electron chi connectivity index (χ1n) is 7.38. The smallest absolute Gasteiger partial charge is 0.243 e. The monoisotopic (exact) mass is 311 g/mol. The molecule has 1 aromatic rings. The minimum atomic E-state index is -3.46. The standard InChI is InChI=1S/C16H25NO3S/c1-12-10-14(11-13(2)15(12)20-5)21(18,19)17-9-7-6-8-16(17,3)4/h10-11H,6-9H2,1-5H3. The molecule has 1 heterocycles. The lowest BCUT2D eigenvalue weighted by Gasteiger charge is -2.41. The molecule has 1 aliphatic heterocycles. The molecule has 0 unspecified atom stereocenters. The van der Waals surface area contributed by atoms with E-state index in [0.29, 0.717) is 11.4 Å². The average Bonchev–Trinajstić information content (AvgIpc) is 2.37. The summed E-state index contributed by atoms with van der Waals surface area (Å²) in [5.74, 6) is 0.756. The largest absolute Gasteiger partial charge is 0.496 e. The van der Waals surface area contributed by atoms with Gasteiger partial charge >= 0.3 is 0 Å². The lowest BCUT2D eigenvalue weighted by atomic mass is 9.93. The molecule has 0 saturated carbocycles. The topological polar surface area (TPSA) is 46.6 Å². The maximum Gasteiger partial charge on any atom is 0.243 e. The molecular weight excluding hydrogens is 286 g/mol. The maximum absolute atomic E-state index is 13.0. The summed E-state index contributed by atoms with van der Waals surface area (Å²) in [5.41, 5.74) is 1.38. The fourth-order valence-corrected chi connectivity index (χ4v) is 5.21. The lowest BCUT2D eigenvalue weighted by Crippen LogP contribution is -2.50. The van der Waals surface area contributed by atoms with Crippen molar-refractivity contribution in [2.45, 2.75) is 57.4 Å². The summed E-state index contributed by atoms with van der Waals surface area (Å²) in [5, 5.41) is 0. The van der Waals surface area contributed by atoms with Gasteiger partial charge in [0.25, 0.3) is 0 Å². The summed E-state index contributed by atoms with van der Waals surface area (Å²) in [6, 6.07) is 3.43. The number of sulfonamides is 1. The third-order valence-electron chi connectivity index (χ3n) is 4.30. The molecule has 0 spiro atoms. The van der Waals surface area contributed by atoms with Crippen molar-refractivity contribution < 1.29 is 13.2 Å². The summed E-state index contributed by atoms with van der Waals surface area (Å²) in [6.45, 7) is 8.37. The van der Waals surface area contributed by atoms with Gasteiger partial charge in [0, 0.05) is 12.1 Å².